The molecule has 0 spiro atoms. The SMILES string of the molecule is COc1cc(C2C(C(=O)OC3CCCCCC3)=C(C)NC3=C2C(=O)CCC3)cc(OC)c1OC. The standard InChI is InChI=1S/C27H35NO6/c1-16-23(27(30)34-18-10-7-5-6-8-11-18)24(25-19(28-16)12-9-13-20(25)29)17-14-21(31-2)26(33-4)22(15-17)32-3/h14-15,18,24,28H,5-13H2,1-4H3. The molecule has 1 N–H and O–H groups in total. The Morgan fingerprint density at radius 2 is 1.56 bits per heavy atom. The molecule has 0 amide bonds. The van der Waals surface area contributed by atoms with E-state index in [1.165, 1.54) is 12.8 Å². The molecule has 3 aliphatic rings. The van der Waals surface area contributed by atoms with Crippen LogP contribution in [-0.4, -0.2) is 39.2 Å². The summed E-state index contributed by atoms with van der Waals surface area (Å²) in [5.74, 6) is 0.566. The summed E-state index contributed by atoms with van der Waals surface area (Å²) in [5.41, 5.74) is 3.47. The number of methoxy groups -OCH3 is 3. The van der Waals surface area contributed by atoms with Crippen LogP contribution in [0.15, 0.2) is 34.7 Å². The van der Waals surface area contributed by atoms with Crippen molar-refractivity contribution in [3.63, 3.8) is 0 Å². The van der Waals surface area contributed by atoms with E-state index in [9.17, 15) is 9.59 Å². The summed E-state index contributed by atoms with van der Waals surface area (Å²) in [4.78, 5) is 26.8. The van der Waals surface area contributed by atoms with Gasteiger partial charge in [0.1, 0.15) is 6.10 Å². The highest BCUT2D eigenvalue weighted by molar-refractivity contribution is 6.03. The smallest absolute Gasteiger partial charge is 0.337 e. The lowest BCUT2D eigenvalue weighted by atomic mass is 9.75. The number of ketones is 1. The fourth-order valence-electron chi connectivity index (χ4n) is 5.43. The molecule has 2 aliphatic carbocycles. The average Bonchev–Trinajstić information content (AvgIpc) is 3.10. The topological polar surface area (TPSA) is 83.1 Å². The van der Waals surface area contributed by atoms with Crippen molar-refractivity contribution in [2.45, 2.75) is 76.7 Å². The van der Waals surface area contributed by atoms with Gasteiger partial charge in [0.15, 0.2) is 17.3 Å². The fraction of sp³-hybridized carbons (Fsp3) is 0.556. The van der Waals surface area contributed by atoms with Crippen molar-refractivity contribution < 1.29 is 28.5 Å². The minimum absolute atomic E-state index is 0.0553. The highest BCUT2D eigenvalue weighted by Gasteiger charge is 2.40. The zero-order valence-corrected chi connectivity index (χ0v) is 20.6. The van der Waals surface area contributed by atoms with E-state index in [0.717, 1.165) is 55.5 Å². The summed E-state index contributed by atoms with van der Waals surface area (Å²) >= 11 is 0. The molecule has 0 saturated heterocycles. The highest BCUT2D eigenvalue weighted by Crippen LogP contribution is 2.47. The molecule has 1 atom stereocenters. The van der Waals surface area contributed by atoms with Gasteiger partial charge in [0.25, 0.3) is 0 Å². The van der Waals surface area contributed by atoms with Crippen molar-refractivity contribution >= 4 is 11.8 Å². The first-order valence-corrected chi connectivity index (χ1v) is 12.2. The number of benzene rings is 1. The van der Waals surface area contributed by atoms with E-state index in [1.807, 2.05) is 19.1 Å². The van der Waals surface area contributed by atoms with Crippen LogP contribution in [-0.2, 0) is 14.3 Å². The van der Waals surface area contributed by atoms with Crippen LogP contribution in [0.5, 0.6) is 17.2 Å². The monoisotopic (exact) mass is 469 g/mol. The number of carbonyl (C=O) groups excluding carboxylic acids is 2. The van der Waals surface area contributed by atoms with E-state index >= 15 is 0 Å². The minimum Gasteiger partial charge on any atom is -0.493 e. The molecule has 1 unspecified atom stereocenters. The Hall–Kier alpha value is -2.96. The third kappa shape index (κ3) is 4.65. The molecular formula is C27H35NO6. The first kappa shape index (κ1) is 24.2. The number of allylic oxidation sites excluding steroid dienone is 3. The molecular weight excluding hydrogens is 434 g/mol. The van der Waals surface area contributed by atoms with E-state index in [4.69, 9.17) is 18.9 Å². The van der Waals surface area contributed by atoms with Crippen LogP contribution in [0.25, 0.3) is 0 Å². The summed E-state index contributed by atoms with van der Waals surface area (Å²) in [7, 11) is 4.67. The van der Waals surface area contributed by atoms with Crippen LogP contribution in [0.3, 0.4) is 0 Å². The van der Waals surface area contributed by atoms with Crippen molar-refractivity contribution in [2.24, 2.45) is 0 Å². The summed E-state index contributed by atoms with van der Waals surface area (Å²) < 4.78 is 22.7. The normalized spacial score (nSPS) is 21.4. The number of esters is 1. The van der Waals surface area contributed by atoms with Crippen molar-refractivity contribution in [3.05, 3.63) is 40.2 Å². The number of dihydropyridines is 1. The second-order valence-electron chi connectivity index (χ2n) is 9.24. The number of nitrogens with one attached hydrogen (secondary N) is 1. The predicted molar refractivity (Wildman–Crippen MR) is 128 cm³/mol. The number of hydrogen-bond acceptors (Lipinski definition) is 7. The van der Waals surface area contributed by atoms with Crippen LogP contribution in [0.4, 0.5) is 0 Å². The highest BCUT2D eigenvalue weighted by atomic mass is 16.5. The van der Waals surface area contributed by atoms with Crippen LogP contribution < -0.4 is 19.5 Å². The Bertz CT molecular complexity index is 991. The first-order valence-electron chi connectivity index (χ1n) is 12.2. The van der Waals surface area contributed by atoms with E-state index in [2.05, 4.69) is 5.32 Å². The predicted octanol–water partition coefficient (Wildman–Crippen LogP) is 4.95. The van der Waals surface area contributed by atoms with Crippen LogP contribution in [0.1, 0.15) is 76.2 Å². The van der Waals surface area contributed by atoms with Gasteiger partial charge in [0, 0.05) is 29.3 Å². The molecule has 1 aliphatic heterocycles. The van der Waals surface area contributed by atoms with Crippen LogP contribution in [0.2, 0.25) is 0 Å². The molecule has 1 heterocycles. The Morgan fingerprint density at radius 3 is 2.15 bits per heavy atom. The maximum Gasteiger partial charge on any atom is 0.337 e. The van der Waals surface area contributed by atoms with Gasteiger partial charge in [-0.2, -0.15) is 0 Å². The number of hydrogen-bond donors (Lipinski definition) is 1. The van der Waals surface area contributed by atoms with Crippen LogP contribution in [0, 0.1) is 0 Å². The summed E-state index contributed by atoms with van der Waals surface area (Å²) in [6.07, 6.45) is 8.19. The lowest BCUT2D eigenvalue weighted by molar-refractivity contribution is -0.145. The Morgan fingerprint density at radius 1 is 0.912 bits per heavy atom. The van der Waals surface area contributed by atoms with Gasteiger partial charge < -0.3 is 24.3 Å². The van der Waals surface area contributed by atoms with Gasteiger partial charge in [-0.05, 0) is 63.1 Å². The molecule has 1 fully saturated rings. The molecule has 1 aromatic carbocycles. The van der Waals surface area contributed by atoms with Gasteiger partial charge in [-0.15, -0.1) is 0 Å². The largest absolute Gasteiger partial charge is 0.493 e. The second kappa shape index (κ2) is 10.5. The molecule has 184 valence electrons. The number of rotatable bonds is 6. The quantitative estimate of drug-likeness (QED) is 0.466. The number of ether oxygens (including phenoxy) is 4. The molecule has 0 bridgehead atoms. The van der Waals surface area contributed by atoms with E-state index < -0.39 is 5.92 Å². The fourth-order valence-corrected chi connectivity index (χ4v) is 5.43. The average molecular weight is 470 g/mol. The van der Waals surface area contributed by atoms with E-state index in [1.54, 1.807) is 21.3 Å². The molecule has 4 rings (SSSR count). The molecule has 0 radical (unpaired) electrons. The molecule has 1 saturated carbocycles. The minimum atomic E-state index is -0.559. The number of Topliss-reactive ketones (excluding diaryl/α,β-unsaturated/α-hetero) is 1. The molecule has 34 heavy (non-hydrogen) atoms. The van der Waals surface area contributed by atoms with Gasteiger partial charge >= 0.3 is 5.97 Å². The molecule has 7 heteroatoms. The Balaban J connectivity index is 1.80. The Labute approximate surface area is 201 Å². The summed E-state index contributed by atoms with van der Waals surface area (Å²) in [5, 5.41) is 3.36. The Kier molecular flexibility index (Phi) is 7.49. The van der Waals surface area contributed by atoms with Gasteiger partial charge in [-0.1, -0.05) is 12.8 Å². The lowest BCUT2D eigenvalue weighted by Crippen LogP contribution is -2.35. The summed E-state index contributed by atoms with van der Waals surface area (Å²) in [6, 6.07) is 3.66. The summed E-state index contributed by atoms with van der Waals surface area (Å²) in [6.45, 7) is 1.89. The van der Waals surface area contributed by atoms with Crippen molar-refractivity contribution in [1.29, 1.82) is 0 Å². The van der Waals surface area contributed by atoms with Gasteiger partial charge in [0.2, 0.25) is 5.75 Å². The zero-order chi connectivity index (χ0) is 24.2. The van der Waals surface area contributed by atoms with Crippen molar-refractivity contribution in [3.8, 4) is 17.2 Å². The molecule has 1 aromatic rings. The second-order valence-corrected chi connectivity index (χ2v) is 9.24. The van der Waals surface area contributed by atoms with Gasteiger partial charge in [-0.25, -0.2) is 4.79 Å². The van der Waals surface area contributed by atoms with Gasteiger partial charge in [0.05, 0.1) is 26.9 Å². The molecule has 0 aromatic heterocycles. The first-order chi connectivity index (χ1) is 16.5. The van der Waals surface area contributed by atoms with E-state index in [-0.39, 0.29) is 17.9 Å². The lowest BCUT2D eigenvalue weighted by Gasteiger charge is -2.35. The van der Waals surface area contributed by atoms with Crippen molar-refractivity contribution in [1.82, 2.24) is 5.32 Å². The third-order valence-electron chi connectivity index (χ3n) is 7.09. The maximum absolute atomic E-state index is 13.6. The zero-order valence-electron chi connectivity index (χ0n) is 20.6. The number of carbonyl (C=O) groups is 2. The van der Waals surface area contributed by atoms with E-state index in [0.29, 0.717) is 34.8 Å². The van der Waals surface area contributed by atoms with Gasteiger partial charge in [-0.3, -0.25) is 4.79 Å². The maximum atomic E-state index is 13.6. The van der Waals surface area contributed by atoms with Crippen LogP contribution >= 0.6 is 0 Å². The molecule has 7 nitrogen and oxygen atoms in total. The third-order valence-corrected chi connectivity index (χ3v) is 7.09. The van der Waals surface area contributed by atoms with Crippen molar-refractivity contribution in [2.75, 3.05) is 21.3 Å².